The molecule has 0 amide bonds. The molecule has 108 valence electrons. The third kappa shape index (κ3) is 5.00. The first-order valence-electron chi connectivity index (χ1n) is 6.86. The average molecular weight is 356 g/mol. The van der Waals surface area contributed by atoms with Gasteiger partial charge in [0.05, 0.1) is 3.79 Å². The molecule has 1 aromatic carbocycles. The molecule has 1 unspecified atom stereocenters. The van der Waals surface area contributed by atoms with Gasteiger partial charge in [0.1, 0.15) is 5.82 Å². The number of thiophene rings is 1. The van der Waals surface area contributed by atoms with Crippen molar-refractivity contribution in [2.45, 2.75) is 19.8 Å². The van der Waals surface area contributed by atoms with E-state index in [2.05, 4.69) is 40.3 Å². The number of hydrogen-bond donors (Lipinski definition) is 1. The van der Waals surface area contributed by atoms with Gasteiger partial charge in [-0.25, -0.2) is 4.39 Å². The zero-order valence-electron chi connectivity index (χ0n) is 11.5. The fourth-order valence-electron chi connectivity index (χ4n) is 2.26. The molecule has 1 nitrogen and oxygen atoms in total. The quantitative estimate of drug-likeness (QED) is 0.761. The number of benzene rings is 1. The summed E-state index contributed by atoms with van der Waals surface area (Å²) in [5, 5.41) is 3.43. The summed E-state index contributed by atoms with van der Waals surface area (Å²) in [6.07, 6.45) is 2.03. The van der Waals surface area contributed by atoms with Crippen LogP contribution < -0.4 is 5.32 Å². The average Bonchev–Trinajstić information content (AvgIpc) is 2.84. The number of rotatable bonds is 7. The molecular formula is C16H19BrFNS. The highest BCUT2D eigenvalue weighted by atomic mass is 79.9. The smallest absolute Gasteiger partial charge is 0.123 e. The Kier molecular flexibility index (Phi) is 6.20. The molecule has 1 heterocycles. The monoisotopic (exact) mass is 355 g/mol. The molecule has 2 aromatic rings. The van der Waals surface area contributed by atoms with Gasteiger partial charge in [0.2, 0.25) is 0 Å². The van der Waals surface area contributed by atoms with Gasteiger partial charge in [-0.3, -0.25) is 0 Å². The van der Waals surface area contributed by atoms with Crippen LogP contribution in [0.3, 0.4) is 0 Å². The van der Waals surface area contributed by atoms with Crippen LogP contribution in [0.4, 0.5) is 4.39 Å². The second-order valence-corrected chi connectivity index (χ2v) is 7.46. The Morgan fingerprint density at radius 3 is 2.50 bits per heavy atom. The summed E-state index contributed by atoms with van der Waals surface area (Å²) in [6.45, 7) is 4.09. The molecule has 0 spiro atoms. The van der Waals surface area contributed by atoms with Crippen LogP contribution in [0.2, 0.25) is 0 Å². The number of nitrogens with one attached hydrogen (secondary N) is 1. The lowest BCUT2D eigenvalue weighted by Crippen LogP contribution is -2.25. The Hall–Kier alpha value is -0.710. The van der Waals surface area contributed by atoms with E-state index in [4.69, 9.17) is 0 Å². The summed E-state index contributed by atoms with van der Waals surface area (Å²) in [5.41, 5.74) is 1.20. The van der Waals surface area contributed by atoms with Gasteiger partial charge in [-0.05, 0) is 77.6 Å². The van der Waals surface area contributed by atoms with E-state index in [-0.39, 0.29) is 5.82 Å². The Morgan fingerprint density at radius 1 is 1.15 bits per heavy atom. The van der Waals surface area contributed by atoms with E-state index >= 15 is 0 Å². The molecule has 0 aliphatic carbocycles. The minimum Gasteiger partial charge on any atom is -0.317 e. The summed E-state index contributed by atoms with van der Waals surface area (Å²) in [5.74, 6) is 0.366. The zero-order valence-corrected chi connectivity index (χ0v) is 13.9. The number of hydrogen-bond acceptors (Lipinski definition) is 2. The summed E-state index contributed by atoms with van der Waals surface area (Å²) in [7, 11) is 0. The predicted octanol–water partition coefficient (Wildman–Crippen LogP) is 4.66. The maximum atomic E-state index is 13.0. The SMILES string of the molecule is CCNCC(Cc1ccc(F)cc1)Cc1ccc(Br)s1. The molecular weight excluding hydrogens is 337 g/mol. The molecule has 0 aliphatic heterocycles. The third-order valence-electron chi connectivity index (χ3n) is 3.24. The number of halogens is 2. The van der Waals surface area contributed by atoms with Crippen molar-refractivity contribution < 1.29 is 4.39 Å². The van der Waals surface area contributed by atoms with Crippen LogP contribution in [-0.2, 0) is 12.8 Å². The summed E-state index contributed by atoms with van der Waals surface area (Å²) < 4.78 is 14.1. The second-order valence-electron chi connectivity index (χ2n) is 4.91. The van der Waals surface area contributed by atoms with Crippen molar-refractivity contribution >= 4 is 27.3 Å². The maximum absolute atomic E-state index is 13.0. The lowest BCUT2D eigenvalue weighted by atomic mass is 9.95. The van der Waals surface area contributed by atoms with Gasteiger partial charge in [-0.1, -0.05) is 19.1 Å². The van der Waals surface area contributed by atoms with Crippen molar-refractivity contribution in [1.29, 1.82) is 0 Å². The van der Waals surface area contributed by atoms with Crippen LogP contribution in [-0.4, -0.2) is 13.1 Å². The van der Waals surface area contributed by atoms with Crippen molar-refractivity contribution in [1.82, 2.24) is 5.32 Å². The first-order chi connectivity index (χ1) is 9.67. The molecule has 1 aromatic heterocycles. The fourth-order valence-corrected chi connectivity index (χ4v) is 3.86. The van der Waals surface area contributed by atoms with Crippen LogP contribution in [0.15, 0.2) is 40.2 Å². The van der Waals surface area contributed by atoms with Crippen LogP contribution >= 0.6 is 27.3 Å². The van der Waals surface area contributed by atoms with Crippen LogP contribution in [0.25, 0.3) is 0 Å². The van der Waals surface area contributed by atoms with Gasteiger partial charge in [0, 0.05) is 4.88 Å². The maximum Gasteiger partial charge on any atom is 0.123 e. The molecule has 0 saturated carbocycles. The standard InChI is InChI=1S/C16H19BrFNS/c1-2-19-11-13(10-15-7-8-16(17)20-15)9-12-3-5-14(18)6-4-12/h3-8,13,19H,2,9-11H2,1H3. The summed E-state index contributed by atoms with van der Waals surface area (Å²) >= 11 is 5.30. The lowest BCUT2D eigenvalue weighted by molar-refractivity contribution is 0.480. The van der Waals surface area contributed by atoms with Gasteiger partial charge in [0.25, 0.3) is 0 Å². The minimum atomic E-state index is -0.167. The van der Waals surface area contributed by atoms with Gasteiger partial charge in [0.15, 0.2) is 0 Å². The third-order valence-corrected chi connectivity index (χ3v) is 4.89. The Bertz CT molecular complexity index is 524. The summed E-state index contributed by atoms with van der Waals surface area (Å²) in [4.78, 5) is 1.39. The molecule has 4 heteroatoms. The van der Waals surface area contributed by atoms with E-state index in [0.29, 0.717) is 5.92 Å². The molecule has 20 heavy (non-hydrogen) atoms. The van der Waals surface area contributed by atoms with Gasteiger partial charge in [-0.15, -0.1) is 11.3 Å². The van der Waals surface area contributed by atoms with E-state index in [1.54, 1.807) is 23.5 Å². The molecule has 0 radical (unpaired) electrons. The highest BCUT2D eigenvalue weighted by Gasteiger charge is 2.12. The molecule has 1 N–H and O–H groups in total. The molecule has 2 rings (SSSR count). The van der Waals surface area contributed by atoms with E-state index in [0.717, 1.165) is 25.9 Å². The molecule has 1 atom stereocenters. The van der Waals surface area contributed by atoms with Crippen LogP contribution in [0, 0.1) is 11.7 Å². The van der Waals surface area contributed by atoms with Gasteiger partial charge in [-0.2, -0.15) is 0 Å². The molecule has 0 saturated heterocycles. The van der Waals surface area contributed by atoms with Crippen molar-refractivity contribution in [3.63, 3.8) is 0 Å². The van der Waals surface area contributed by atoms with E-state index < -0.39 is 0 Å². The van der Waals surface area contributed by atoms with Gasteiger partial charge >= 0.3 is 0 Å². The van der Waals surface area contributed by atoms with Crippen molar-refractivity contribution in [3.8, 4) is 0 Å². The normalized spacial score (nSPS) is 12.6. The fraction of sp³-hybridized carbons (Fsp3) is 0.375. The van der Waals surface area contributed by atoms with E-state index in [1.807, 2.05) is 12.1 Å². The Morgan fingerprint density at radius 2 is 1.90 bits per heavy atom. The van der Waals surface area contributed by atoms with Crippen molar-refractivity contribution in [2.24, 2.45) is 5.92 Å². The topological polar surface area (TPSA) is 12.0 Å². The minimum absolute atomic E-state index is 0.167. The molecule has 0 aliphatic rings. The summed E-state index contributed by atoms with van der Waals surface area (Å²) in [6, 6.07) is 11.1. The zero-order chi connectivity index (χ0) is 14.4. The Labute approximate surface area is 132 Å². The van der Waals surface area contributed by atoms with Crippen LogP contribution in [0.1, 0.15) is 17.4 Å². The Balaban J connectivity index is 2.00. The van der Waals surface area contributed by atoms with E-state index in [1.165, 1.54) is 14.2 Å². The van der Waals surface area contributed by atoms with Crippen LogP contribution in [0.5, 0.6) is 0 Å². The second kappa shape index (κ2) is 7.91. The largest absolute Gasteiger partial charge is 0.317 e. The lowest BCUT2D eigenvalue weighted by Gasteiger charge is -2.16. The predicted molar refractivity (Wildman–Crippen MR) is 87.9 cm³/mol. The van der Waals surface area contributed by atoms with Crippen molar-refractivity contribution in [2.75, 3.05) is 13.1 Å². The molecule has 0 bridgehead atoms. The van der Waals surface area contributed by atoms with Gasteiger partial charge < -0.3 is 5.32 Å². The first kappa shape index (κ1) is 15.7. The highest BCUT2D eigenvalue weighted by molar-refractivity contribution is 9.11. The first-order valence-corrected chi connectivity index (χ1v) is 8.47. The van der Waals surface area contributed by atoms with Crippen molar-refractivity contribution in [3.05, 3.63) is 56.4 Å². The van der Waals surface area contributed by atoms with E-state index in [9.17, 15) is 4.39 Å². The molecule has 0 fully saturated rings. The highest BCUT2D eigenvalue weighted by Crippen LogP contribution is 2.25.